The fourth-order valence-corrected chi connectivity index (χ4v) is 2.66. The predicted molar refractivity (Wildman–Crippen MR) is 74.9 cm³/mol. The number of rotatable bonds is 2. The maximum Gasteiger partial charge on any atom is 0.0568 e. The Morgan fingerprint density at radius 3 is 2.59 bits per heavy atom. The number of benzene rings is 1. The highest BCUT2D eigenvalue weighted by Crippen LogP contribution is 2.32. The van der Waals surface area contributed by atoms with E-state index in [4.69, 9.17) is 11.5 Å². The number of hydrogen-bond acceptors (Lipinski definition) is 3. The lowest BCUT2D eigenvalue weighted by Crippen LogP contribution is -2.35. The van der Waals surface area contributed by atoms with Crippen LogP contribution >= 0.6 is 0 Å². The van der Waals surface area contributed by atoms with Crippen LogP contribution in [-0.2, 0) is 0 Å². The van der Waals surface area contributed by atoms with Gasteiger partial charge in [-0.15, -0.1) is 0 Å². The summed E-state index contributed by atoms with van der Waals surface area (Å²) in [5, 5.41) is 3.59. The summed E-state index contributed by atoms with van der Waals surface area (Å²) in [5.74, 6) is 1.51. The lowest BCUT2D eigenvalue weighted by molar-refractivity contribution is 0.253. The zero-order chi connectivity index (χ0) is 12.4. The van der Waals surface area contributed by atoms with Gasteiger partial charge in [-0.2, -0.15) is 0 Å². The van der Waals surface area contributed by atoms with Crippen molar-refractivity contribution >= 4 is 17.1 Å². The van der Waals surface area contributed by atoms with E-state index >= 15 is 0 Å². The van der Waals surface area contributed by atoms with Gasteiger partial charge in [0.2, 0.25) is 0 Å². The van der Waals surface area contributed by atoms with Gasteiger partial charge in [0, 0.05) is 11.7 Å². The number of nitrogens with two attached hydrogens (primary N) is 2. The molecule has 0 bridgehead atoms. The lowest BCUT2D eigenvalue weighted by Gasteiger charge is -2.35. The van der Waals surface area contributed by atoms with Crippen LogP contribution in [0.5, 0.6) is 0 Å². The zero-order valence-electron chi connectivity index (χ0n) is 10.7. The summed E-state index contributed by atoms with van der Waals surface area (Å²) in [4.78, 5) is 0. The Labute approximate surface area is 104 Å². The minimum absolute atomic E-state index is 0.557. The molecule has 3 atom stereocenters. The highest BCUT2D eigenvalue weighted by atomic mass is 14.9. The van der Waals surface area contributed by atoms with Crippen molar-refractivity contribution in [3.8, 4) is 0 Å². The van der Waals surface area contributed by atoms with Gasteiger partial charge in [-0.25, -0.2) is 0 Å². The van der Waals surface area contributed by atoms with Crippen molar-refractivity contribution in [2.24, 2.45) is 11.8 Å². The summed E-state index contributed by atoms with van der Waals surface area (Å²) < 4.78 is 0. The Bertz CT molecular complexity index is 389. The molecule has 3 nitrogen and oxygen atoms in total. The van der Waals surface area contributed by atoms with E-state index in [9.17, 15) is 0 Å². The van der Waals surface area contributed by atoms with Gasteiger partial charge in [-0.3, -0.25) is 0 Å². The van der Waals surface area contributed by atoms with E-state index in [0.717, 1.165) is 11.6 Å². The summed E-state index contributed by atoms with van der Waals surface area (Å²) in [6.07, 6.45) is 3.91. The second-order valence-electron chi connectivity index (χ2n) is 5.36. The van der Waals surface area contributed by atoms with Crippen LogP contribution in [0.25, 0.3) is 0 Å². The van der Waals surface area contributed by atoms with Crippen molar-refractivity contribution in [2.45, 2.75) is 39.2 Å². The summed E-state index contributed by atoms with van der Waals surface area (Å²) in [6, 6.07) is 6.37. The van der Waals surface area contributed by atoms with E-state index in [0.29, 0.717) is 23.3 Å². The molecule has 5 N–H and O–H groups in total. The number of nitrogen functional groups attached to an aromatic ring is 2. The molecule has 0 heterocycles. The average Bonchev–Trinajstić information content (AvgIpc) is 2.30. The quantitative estimate of drug-likeness (QED) is 0.688. The Morgan fingerprint density at radius 2 is 1.88 bits per heavy atom. The third-order valence-electron chi connectivity index (χ3n) is 4.15. The van der Waals surface area contributed by atoms with Gasteiger partial charge in [0.15, 0.2) is 0 Å². The van der Waals surface area contributed by atoms with Gasteiger partial charge in [-0.1, -0.05) is 26.7 Å². The van der Waals surface area contributed by atoms with Crippen LogP contribution in [0.2, 0.25) is 0 Å². The normalized spacial score (nSPS) is 28.9. The maximum absolute atomic E-state index is 5.82. The van der Waals surface area contributed by atoms with Gasteiger partial charge in [0.1, 0.15) is 0 Å². The molecule has 0 spiro atoms. The predicted octanol–water partition coefficient (Wildman–Crippen LogP) is 3.09. The van der Waals surface area contributed by atoms with Gasteiger partial charge in [0.25, 0.3) is 0 Å². The van der Waals surface area contributed by atoms with Crippen molar-refractivity contribution in [1.29, 1.82) is 0 Å². The molecule has 1 aliphatic carbocycles. The van der Waals surface area contributed by atoms with Crippen molar-refractivity contribution in [3.05, 3.63) is 18.2 Å². The van der Waals surface area contributed by atoms with E-state index in [1.807, 2.05) is 18.2 Å². The SMILES string of the molecule is CC1CCCC(Nc2ccc(N)c(N)c2)C1C. The molecule has 2 rings (SSSR count). The molecule has 3 unspecified atom stereocenters. The standard InChI is InChI=1S/C14H23N3/c1-9-4-3-5-14(10(9)2)17-11-6-7-12(15)13(16)8-11/h6-10,14,17H,3-5,15-16H2,1-2H3. The van der Waals surface area contributed by atoms with Crippen LogP contribution in [0.3, 0.4) is 0 Å². The van der Waals surface area contributed by atoms with E-state index in [-0.39, 0.29) is 0 Å². The number of hydrogen-bond donors (Lipinski definition) is 3. The Balaban J connectivity index is 2.07. The van der Waals surface area contributed by atoms with E-state index in [1.165, 1.54) is 19.3 Å². The fourth-order valence-electron chi connectivity index (χ4n) is 2.66. The first kappa shape index (κ1) is 12.1. The number of nitrogens with one attached hydrogen (secondary N) is 1. The summed E-state index contributed by atoms with van der Waals surface area (Å²) in [6.45, 7) is 4.68. The van der Waals surface area contributed by atoms with Crippen LogP contribution in [0, 0.1) is 11.8 Å². The Morgan fingerprint density at radius 1 is 1.12 bits per heavy atom. The highest BCUT2D eigenvalue weighted by Gasteiger charge is 2.26. The average molecular weight is 233 g/mol. The van der Waals surface area contributed by atoms with Crippen LogP contribution in [0.4, 0.5) is 17.1 Å². The molecule has 0 saturated heterocycles. The van der Waals surface area contributed by atoms with Crippen molar-refractivity contribution in [3.63, 3.8) is 0 Å². The Kier molecular flexibility index (Phi) is 3.46. The van der Waals surface area contributed by atoms with E-state index in [1.54, 1.807) is 0 Å². The fraction of sp³-hybridized carbons (Fsp3) is 0.571. The van der Waals surface area contributed by atoms with Crippen LogP contribution in [0.1, 0.15) is 33.1 Å². The third kappa shape index (κ3) is 2.65. The molecule has 1 saturated carbocycles. The van der Waals surface area contributed by atoms with Gasteiger partial charge in [0.05, 0.1) is 11.4 Å². The molecule has 3 heteroatoms. The van der Waals surface area contributed by atoms with E-state index < -0.39 is 0 Å². The molecule has 1 aromatic rings. The maximum atomic E-state index is 5.82. The van der Waals surface area contributed by atoms with Crippen molar-refractivity contribution < 1.29 is 0 Å². The summed E-state index contributed by atoms with van der Waals surface area (Å²) >= 11 is 0. The lowest BCUT2D eigenvalue weighted by atomic mass is 9.78. The van der Waals surface area contributed by atoms with Crippen LogP contribution in [-0.4, -0.2) is 6.04 Å². The minimum atomic E-state index is 0.557. The molecule has 17 heavy (non-hydrogen) atoms. The second kappa shape index (κ2) is 4.86. The molecule has 0 radical (unpaired) electrons. The van der Waals surface area contributed by atoms with Gasteiger partial charge < -0.3 is 16.8 Å². The molecule has 0 aliphatic heterocycles. The molecule has 0 aromatic heterocycles. The largest absolute Gasteiger partial charge is 0.397 e. The smallest absolute Gasteiger partial charge is 0.0568 e. The zero-order valence-corrected chi connectivity index (χ0v) is 10.7. The van der Waals surface area contributed by atoms with Crippen LogP contribution < -0.4 is 16.8 Å². The monoisotopic (exact) mass is 233 g/mol. The molecule has 1 fully saturated rings. The first-order valence-electron chi connectivity index (χ1n) is 6.49. The van der Waals surface area contributed by atoms with Crippen LogP contribution in [0.15, 0.2) is 18.2 Å². The molecule has 0 amide bonds. The topological polar surface area (TPSA) is 64.1 Å². The summed E-state index contributed by atoms with van der Waals surface area (Å²) in [7, 11) is 0. The van der Waals surface area contributed by atoms with E-state index in [2.05, 4.69) is 19.2 Å². The first-order valence-corrected chi connectivity index (χ1v) is 6.49. The molecular formula is C14H23N3. The molecule has 1 aromatic carbocycles. The Hall–Kier alpha value is -1.38. The summed E-state index contributed by atoms with van der Waals surface area (Å²) in [5.41, 5.74) is 13.9. The van der Waals surface area contributed by atoms with Crippen molar-refractivity contribution in [1.82, 2.24) is 0 Å². The second-order valence-corrected chi connectivity index (χ2v) is 5.36. The molecule has 94 valence electrons. The van der Waals surface area contributed by atoms with Gasteiger partial charge >= 0.3 is 0 Å². The third-order valence-corrected chi connectivity index (χ3v) is 4.15. The molecular weight excluding hydrogens is 210 g/mol. The highest BCUT2D eigenvalue weighted by molar-refractivity contribution is 5.69. The minimum Gasteiger partial charge on any atom is -0.397 e. The van der Waals surface area contributed by atoms with Crippen molar-refractivity contribution in [2.75, 3.05) is 16.8 Å². The molecule has 1 aliphatic rings. The van der Waals surface area contributed by atoms with Gasteiger partial charge in [-0.05, 0) is 36.5 Å². The number of anilines is 3. The first-order chi connectivity index (χ1) is 8.08.